The summed E-state index contributed by atoms with van der Waals surface area (Å²) < 4.78 is 10.6. The lowest BCUT2D eigenvalue weighted by Crippen LogP contribution is -2.48. The van der Waals surface area contributed by atoms with Gasteiger partial charge in [0, 0.05) is 66.4 Å². The van der Waals surface area contributed by atoms with E-state index in [0.717, 1.165) is 30.2 Å². The molecule has 2 aromatic heterocycles. The number of carbonyl (C=O) groups is 1. The fourth-order valence-corrected chi connectivity index (χ4v) is 5.04. The van der Waals surface area contributed by atoms with E-state index in [-0.39, 0.29) is 5.91 Å². The van der Waals surface area contributed by atoms with Crippen molar-refractivity contribution in [2.75, 3.05) is 46.5 Å². The van der Waals surface area contributed by atoms with Crippen LogP contribution >= 0.6 is 22.9 Å². The molecule has 1 fully saturated rings. The molecule has 0 saturated carbocycles. The van der Waals surface area contributed by atoms with Crippen molar-refractivity contribution >= 4 is 28.8 Å². The summed E-state index contributed by atoms with van der Waals surface area (Å²) in [6.45, 7) is 4.68. The van der Waals surface area contributed by atoms with Gasteiger partial charge in [0.1, 0.15) is 12.2 Å². The summed E-state index contributed by atoms with van der Waals surface area (Å²) in [5, 5.41) is 0.772. The van der Waals surface area contributed by atoms with Gasteiger partial charge < -0.3 is 14.4 Å². The lowest BCUT2D eigenvalue weighted by molar-refractivity contribution is 0.0622. The summed E-state index contributed by atoms with van der Waals surface area (Å²) in [4.78, 5) is 24.0. The summed E-state index contributed by atoms with van der Waals surface area (Å²) in [5.41, 5.74) is 1.57. The van der Waals surface area contributed by atoms with E-state index >= 15 is 0 Å². The van der Waals surface area contributed by atoms with Gasteiger partial charge in [-0.15, -0.1) is 11.3 Å². The first-order valence-electron chi connectivity index (χ1n) is 10.6. The quantitative estimate of drug-likeness (QED) is 0.454. The van der Waals surface area contributed by atoms with Crippen LogP contribution < -0.4 is 4.74 Å². The van der Waals surface area contributed by atoms with Crippen LogP contribution in [0.4, 0.5) is 0 Å². The predicted molar refractivity (Wildman–Crippen MR) is 128 cm³/mol. The molecule has 4 rings (SSSR count). The van der Waals surface area contributed by atoms with Crippen LogP contribution in [-0.4, -0.2) is 67.2 Å². The number of benzene rings is 1. The SMILES string of the molecule is COCCOc1ncccc1C(=O)N1CCN(Cc2ccc(-c3ccccc3Cl)s2)CC1. The highest BCUT2D eigenvalue weighted by Gasteiger charge is 2.25. The molecule has 0 aliphatic carbocycles. The van der Waals surface area contributed by atoms with E-state index < -0.39 is 0 Å². The number of nitrogens with zero attached hydrogens (tertiary/aromatic N) is 3. The van der Waals surface area contributed by atoms with Crippen LogP contribution in [0, 0.1) is 0 Å². The zero-order chi connectivity index (χ0) is 22.3. The van der Waals surface area contributed by atoms with Gasteiger partial charge in [0.25, 0.3) is 5.91 Å². The maximum Gasteiger partial charge on any atom is 0.259 e. The Morgan fingerprint density at radius 3 is 2.66 bits per heavy atom. The number of carbonyl (C=O) groups excluding carboxylic acids is 1. The molecular formula is C24H26ClN3O3S. The average Bonchev–Trinajstić information content (AvgIpc) is 3.28. The molecule has 0 atom stereocenters. The number of thiophene rings is 1. The first-order chi connectivity index (χ1) is 15.7. The highest BCUT2D eigenvalue weighted by molar-refractivity contribution is 7.15. The Kier molecular flexibility index (Phi) is 7.76. The zero-order valence-corrected chi connectivity index (χ0v) is 19.6. The first-order valence-corrected chi connectivity index (χ1v) is 11.8. The summed E-state index contributed by atoms with van der Waals surface area (Å²) in [6.07, 6.45) is 1.63. The van der Waals surface area contributed by atoms with Crippen molar-refractivity contribution in [3.8, 4) is 16.3 Å². The zero-order valence-electron chi connectivity index (χ0n) is 18.0. The third kappa shape index (κ3) is 5.48. The second-order valence-corrected chi connectivity index (χ2v) is 9.09. The van der Waals surface area contributed by atoms with Gasteiger partial charge >= 0.3 is 0 Å². The van der Waals surface area contributed by atoms with Gasteiger partial charge in [-0.05, 0) is 30.3 Å². The van der Waals surface area contributed by atoms with Gasteiger partial charge in [-0.2, -0.15) is 0 Å². The normalized spacial score (nSPS) is 14.5. The molecule has 32 heavy (non-hydrogen) atoms. The molecule has 0 N–H and O–H groups in total. The van der Waals surface area contributed by atoms with Crippen LogP contribution in [-0.2, 0) is 11.3 Å². The molecular weight excluding hydrogens is 446 g/mol. The van der Waals surface area contributed by atoms with Gasteiger partial charge in [-0.1, -0.05) is 29.8 Å². The second-order valence-electron chi connectivity index (χ2n) is 7.51. The molecule has 3 aromatic rings. The van der Waals surface area contributed by atoms with Crippen LogP contribution in [0.1, 0.15) is 15.2 Å². The fourth-order valence-electron chi connectivity index (χ4n) is 3.66. The average molecular weight is 472 g/mol. The largest absolute Gasteiger partial charge is 0.475 e. The van der Waals surface area contributed by atoms with E-state index in [1.807, 2.05) is 29.2 Å². The molecule has 8 heteroatoms. The molecule has 0 unspecified atom stereocenters. The molecule has 0 radical (unpaired) electrons. The van der Waals surface area contributed by atoms with Gasteiger partial charge in [0.05, 0.1) is 6.61 Å². The van der Waals surface area contributed by atoms with Gasteiger partial charge in [0.2, 0.25) is 5.88 Å². The molecule has 168 valence electrons. The Morgan fingerprint density at radius 2 is 1.88 bits per heavy atom. The van der Waals surface area contributed by atoms with Crippen molar-refractivity contribution in [2.45, 2.75) is 6.54 Å². The van der Waals surface area contributed by atoms with E-state index in [1.54, 1.807) is 36.8 Å². The van der Waals surface area contributed by atoms with E-state index in [0.29, 0.717) is 37.7 Å². The maximum atomic E-state index is 13.1. The lowest BCUT2D eigenvalue weighted by atomic mass is 10.2. The van der Waals surface area contributed by atoms with Crippen molar-refractivity contribution in [3.63, 3.8) is 0 Å². The molecule has 6 nitrogen and oxygen atoms in total. The summed E-state index contributed by atoms with van der Waals surface area (Å²) in [5.74, 6) is 0.324. The van der Waals surface area contributed by atoms with Crippen LogP contribution in [0.2, 0.25) is 5.02 Å². The minimum absolute atomic E-state index is 0.0395. The van der Waals surface area contributed by atoms with Crippen molar-refractivity contribution in [2.24, 2.45) is 0 Å². The van der Waals surface area contributed by atoms with Gasteiger partial charge in [-0.3, -0.25) is 9.69 Å². The maximum absolute atomic E-state index is 13.1. The van der Waals surface area contributed by atoms with Crippen molar-refractivity contribution in [1.82, 2.24) is 14.8 Å². The number of rotatable bonds is 8. The monoisotopic (exact) mass is 471 g/mol. The second kappa shape index (κ2) is 10.9. The van der Waals surface area contributed by atoms with Crippen molar-refractivity contribution in [3.05, 3.63) is 70.2 Å². The topological polar surface area (TPSA) is 54.9 Å². The number of methoxy groups -OCH3 is 1. The molecule has 3 heterocycles. The number of hydrogen-bond acceptors (Lipinski definition) is 6. The van der Waals surface area contributed by atoms with E-state index in [9.17, 15) is 4.79 Å². The standard InChI is InChI=1S/C24H26ClN3O3S/c1-30-15-16-31-23-20(6-4-10-26-23)24(29)28-13-11-27(12-14-28)17-18-8-9-22(32-18)19-5-2-3-7-21(19)25/h2-10H,11-17H2,1H3. The summed E-state index contributed by atoms with van der Waals surface area (Å²) in [6, 6.07) is 15.8. The van der Waals surface area contributed by atoms with Crippen LogP contribution in [0.25, 0.3) is 10.4 Å². The number of halogens is 1. The van der Waals surface area contributed by atoms with E-state index in [2.05, 4.69) is 22.0 Å². The molecule has 1 aliphatic rings. The minimum atomic E-state index is -0.0395. The number of ether oxygens (including phenoxy) is 2. The number of amides is 1. The first kappa shape index (κ1) is 22.7. The fraction of sp³-hybridized carbons (Fsp3) is 0.333. The third-order valence-electron chi connectivity index (χ3n) is 5.37. The highest BCUT2D eigenvalue weighted by Crippen LogP contribution is 2.33. The highest BCUT2D eigenvalue weighted by atomic mass is 35.5. The Balaban J connectivity index is 1.33. The smallest absolute Gasteiger partial charge is 0.259 e. The molecule has 1 aliphatic heterocycles. The van der Waals surface area contributed by atoms with Crippen LogP contribution in [0.3, 0.4) is 0 Å². The molecule has 0 bridgehead atoms. The Hall–Kier alpha value is -2.45. The third-order valence-corrected chi connectivity index (χ3v) is 6.80. The number of piperazine rings is 1. The van der Waals surface area contributed by atoms with Crippen molar-refractivity contribution < 1.29 is 14.3 Å². The van der Waals surface area contributed by atoms with Gasteiger partial charge in [-0.25, -0.2) is 4.98 Å². The number of aromatic nitrogens is 1. The molecule has 1 amide bonds. The van der Waals surface area contributed by atoms with E-state index in [4.69, 9.17) is 21.1 Å². The van der Waals surface area contributed by atoms with Crippen LogP contribution in [0.5, 0.6) is 5.88 Å². The van der Waals surface area contributed by atoms with E-state index in [1.165, 1.54) is 9.75 Å². The molecule has 1 saturated heterocycles. The number of hydrogen-bond donors (Lipinski definition) is 0. The van der Waals surface area contributed by atoms with Gasteiger partial charge in [0.15, 0.2) is 0 Å². The lowest BCUT2D eigenvalue weighted by Gasteiger charge is -2.34. The minimum Gasteiger partial charge on any atom is -0.475 e. The van der Waals surface area contributed by atoms with Crippen molar-refractivity contribution in [1.29, 1.82) is 0 Å². The number of pyridine rings is 1. The Morgan fingerprint density at radius 1 is 1.06 bits per heavy atom. The Labute approximate surface area is 197 Å². The predicted octanol–water partition coefficient (Wildman–Crippen LogP) is 4.45. The molecule has 0 spiro atoms. The summed E-state index contributed by atoms with van der Waals surface area (Å²) in [7, 11) is 1.61. The van der Waals surface area contributed by atoms with Crippen LogP contribution in [0.15, 0.2) is 54.7 Å². The summed E-state index contributed by atoms with van der Waals surface area (Å²) >= 11 is 8.11. The molecule has 1 aromatic carbocycles. The Bertz CT molecular complexity index is 1050.